The molecule has 7 nitrogen and oxygen atoms in total. The summed E-state index contributed by atoms with van der Waals surface area (Å²) in [7, 11) is 0. The second-order valence-corrected chi connectivity index (χ2v) is 7.55. The Balaban J connectivity index is 1.88. The fraction of sp³-hybridized carbons (Fsp3) is 0.318. The first-order chi connectivity index (χ1) is 14.3. The van der Waals surface area contributed by atoms with Gasteiger partial charge in [0.2, 0.25) is 0 Å². The third-order valence-electron chi connectivity index (χ3n) is 5.09. The first-order valence-electron chi connectivity index (χ1n) is 9.55. The Hall–Kier alpha value is -3.08. The van der Waals surface area contributed by atoms with Crippen LogP contribution in [-0.4, -0.2) is 40.8 Å². The number of benzene rings is 1. The van der Waals surface area contributed by atoms with Crippen molar-refractivity contribution in [3.05, 3.63) is 57.4 Å². The molecule has 1 atom stereocenters. The summed E-state index contributed by atoms with van der Waals surface area (Å²) in [5.74, 6) is -1.56. The maximum atomic E-state index is 12.4. The van der Waals surface area contributed by atoms with Crippen LogP contribution in [0, 0.1) is 25.2 Å². The number of hydrogen-bond donors (Lipinski definition) is 2. The molecule has 0 spiro atoms. The number of aryl methyl sites for hydroxylation is 1. The molecule has 2 heterocycles. The number of carboxylic acids is 1. The van der Waals surface area contributed by atoms with Gasteiger partial charge in [-0.05, 0) is 62.6 Å². The van der Waals surface area contributed by atoms with E-state index in [0.29, 0.717) is 24.4 Å². The number of carbonyl (C=O) groups is 2. The topological polar surface area (TPSA) is 104 Å². The Morgan fingerprint density at radius 3 is 2.80 bits per heavy atom. The number of rotatable bonds is 6. The fourth-order valence-corrected chi connectivity index (χ4v) is 3.76. The van der Waals surface area contributed by atoms with Crippen LogP contribution in [-0.2, 0) is 9.53 Å². The van der Waals surface area contributed by atoms with Gasteiger partial charge in [0.05, 0.1) is 16.7 Å². The minimum Gasteiger partial charge on any atom is -0.478 e. The molecule has 1 aliphatic rings. The van der Waals surface area contributed by atoms with Crippen molar-refractivity contribution >= 4 is 29.6 Å². The number of nitrogens with one attached hydrogen (secondary N) is 1. The average Bonchev–Trinajstić information content (AvgIpc) is 3.32. The first-order valence-corrected chi connectivity index (χ1v) is 9.93. The number of halogens is 1. The summed E-state index contributed by atoms with van der Waals surface area (Å²) in [5.41, 5.74) is 2.93. The van der Waals surface area contributed by atoms with Crippen LogP contribution in [0.2, 0.25) is 5.02 Å². The molecule has 0 aliphatic carbocycles. The van der Waals surface area contributed by atoms with Gasteiger partial charge in [-0.3, -0.25) is 4.79 Å². The van der Waals surface area contributed by atoms with Gasteiger partial charge < -0.3 is 19.7 Å². The predicted octanol–water partition coefficient (Wildman–Crippen LogP) is 3.65. The zero-order valence-electron chi connectivity index (χ0n) is 16.7. The molecule has 1 aromatic heterocycles. The van der Waals surface area contributed by atoms with Gasteiger partial charge >= 0.3 is 5.97 Å². The van der Waals surface area contributed by atoms with Crippen LogP contribution in [0.15, 0.2) is 29.8 Å². The number of amides is 1. The number of carbonyl (C=O) groups excluding carboxylic acids is 1. The summed E-state index contributed by atoms with van der Waals surface area (Å²) in [5, 5.41) is 21.7. The molecule has 3 rings (SSSR count). The van der Waals surface area contributed by atoms with Gasteiger partial charge in [-0.25, -0.2) is 4.79 Å². The number of carboxylic acid groups (broad SMARTS) is 1. The molecule has 1 fully saturated rings. The van der Waals surface area contributed by atoms with Crippen LogP contribution < -0.4 is 5.32 Å². The highest BCUT2D eigenvalue weighted by atomic mass is 35.5. The van der Waals surface area contributed by atoms with Crippen LogP contribution in [0.4, 0.5) is 0 Å². The number of nitrogens with zero attached hydrogens (tertiary/aromatic N) is 2. The van der Waals surface area contributed by atoms with Gasteiger partial charge in [0, 0.05) is 30.2 Å². The van der Waals surface area contributed by atoms with E-state index in [9.17, 15) is 20.0 Å². The molecule has 2 N–H and O–H groups in total. The van der Waals surface area contributed by atoms with E-state index >= 15 is 0 Å². The van der Waals surface area contributed by atoms with Gasteiger partial charge in [0.15, 0.2) is 0 Å². The van der Waals surface area contributed by atoms with Crippen molar-refractivity contribution in [2.24, 2.45) is 0 Å². The van der Waals surface area contributed by atoms with Crippen molar-refractivity contribution in [2.45, 2.75) is 32.8 Å². The van der Waals surface area contributed by atoms with Crippen LogP contribution in [0.1, 0.15) is 40.2 Å². The molecular formula is C22H22ClN3O4. The molecule has 156 valence electrons. The molecular weight excluding hydrogens is 406 g/mol. The highest BCUT2D eigenvalue weighted by Gasteiger charge is 2.19. The lowest BCUT2D eigenvalue weighted by atomic mass is 10.1. The molecule has 0 bridgehead atoms. The van der Waals surface area contributed by atoms with E-state index in [4.69, 9.17) is 16.3 Å². The van der Waals surface area contributed by atoms with Crippen LogP contribution in [0.5, 0.6) is 0 Å². The Morgan fingerprint density at radius 2 is 2.17 bits per heavy atom. The van der Waals surface area contributed by atoms with Crippen LogP contribution >= 0.6 is 11.6 Å². The Bertz CT molecular complexity index is 1060. The predicted molar refractivity (Wildman–Crippen MR) is 113 cm³/mol. The van der Waals surface area contributed by atoms with Crippen molar-refractivity contribution in [2.75, 3.05) is 13.2 Å². The monoisotopic (exact) mass is 427 g/mol. The second-order valence-electron chi connectivity index (χ2n) is 7.15. The molecule has 1 amide bonds. The number of hydrogen-bond acceptors (Lipinski definition) is 4. The van der Waals surface area contributed by atoms with Gasteiger partial charge in [0.25, 0.3) is 5.91 Å². The standard InChI is InChI=1S/C22H22ClN3O4/c1-13-8-15(9-16(11-24)21(27)25-12-18-4-3-7-30-18)14(2)26(13)17-5-6-20(23)19(10-17)22(28)29/h5-6,8-10,18H,3-4,7,12H2,1-2H3,(H,25,27)(H,28,29)/b16-9+/t18-/m1/s1. The third kappa shape index (κ3) is 4.56. The highest BCUT2D eigenvalue weighted by Crippen LogP contribution is 2.26. The van der Waals surface area contributed by atoms with Crippen molar-refractivity contribution in [1.82, 2.24) is 9.88 Å². The molecule has 2 aromatic rings. The Morgan fingerprint density at radius 1 is 1.40 bits per heavy atom. The lowest BCUT2D eigenvalue weighted by molar-refractivity contribution is -0.117. The molecule has 0 radical (unpaired) electrons. The fourth-order valence-electron chi connectivity index (χ4n) is 3.56. The average molecular weight is 428 g/mol. The van der Waals surface area contributed by atoms with E-state index < -0.39 is 11.9 Å². The van der Waals surface area contributed by atoms with E-state index in [0.717, 1.165) is 24.2 Å². The quantitative estimate of drug-likeness (QED) is 0.541. The SMILES string of the molecule is Cc1cc(/C=C(\C#N)C(=O)NC[C@H]2CCCO2)c(C)n1-c1ccc(Cl)c(C(=O)O)c1. The van der Waals surface area contributed by atoms with Crippen LogP contribution in [0.3, 0.4) is 0 Å². The molecule has 1 aliphatic heterocycles. The normalized spacial score (nSPS) is 16.3. The Kier molecular flexibility index (Phi) is 6.60. The zero-order valence-corrected chi connectivity index (χ0v) is 17.5. The highest BCUT2D eigenvalue weighted by molar-refractivity contribution is 6.33. The molecule has 30 heavy (non-hydrogen) atoms. The van der Waals surface area contributed by atoms with E-state index in [1.807, 2.05) is 30.6 Å². The van der Waals surface area contributed by atoms with Gasteiger partial charge in [-0.2, -0.15) is 5.26 Å². The zero-order chi connectivity index (χ0) is 21.8. The largest absolute Gasteiger partial charge is 0.478 e. The molecule has 0 saturated carbocycles. The van der Waals surface area contributed by atoms with Crippen molar-refractivity contribution in [3.63, 3.8) is 0 Å². The summed E-state index contributed by atoms with van der Waals surface area (Å²) in [4.78, 5) is 23.8. The summed E-state index contributed by atoms with van der Waals surface area (Å²) >= 11 is 5.97. The van der Waals surface area contributed by atoms with E-state index in [1.165, 1.54) is 18.2 Å². The second kappa shape index (κ2) is 9.16. The molecule has 8 heteroatoms. The molecule has 1 aromatic carbocycles. The summed E-state index contributed by atoms with van der Waals surface area (Å²) in [6.07, 6.45) is 3.40. The number of nitriles is 1. The molecule has 1 saturated heterocycles. The summed E-state index contributed by atoms with van der Waals surface area (Å²) in [6, 6.07) is 8.56. The van der Waals surface area contributed by atoms with Crippen LogP contribution in [0.25, 0.3) is 11.8 Å². The minimum absolute atomic E-state index is 0.00409. The maximum absolute atomic E-state index is 12.4. The van der Waals surface area contributed by atoms with E-state index in [1.54, 1.807) is 6.07 Å². The third-order valence-corrected chi connectivity index (χ3v) is 5.42. The van der Waals surface area contributed by atoms with Gasteiger partial charge in [-0.15, -0.1) is 0 Å². The van der Waals surface area contributed by atoms with Crippen molar-refractivity contribution in [1.29, 1.82) is 5.26 Å². The summed E-state index contributed by atoms with van der Waals surface area (Å²) < 4.78 is 7.34. The van der Waals surface area contributed by atoms with E-state index in [2.05, 4.69) is 5.32 Å². The number of ether oxygens (including phenoxy) is 1. The van der Waals surface area contributed by atoms with Crippen molar-refractivity contribution in [3.8, 4) is 11.8 Å². The molecule has 0 unspecified atom stereocenters. The minimum atomic E-state index is -1.11. The number of aromatic carboxylic acids is 1. The lowest BCUT2D eigenvalue weighted by Crippen LogP contribution is -2.32. The summed E-state index contributed by atoms with van der Waals surface area (Å²) in [6.45, 7) is 4.78. The maximum Gasteiger partial charge on any atom is 0.337 e. The Labute approximate surface area is 179 Å². The van der Waals surface area contributed by atoms with Gasteiger partial charge in [0.1, 0.15) is 11.6 Å². The number of aromatic nitrogens is 1. The van der Waals surface area contributed by atoms with E-state index in [-0.39, 0.29) is 22.3 Å². The first kappa shape index (κ1) is 21.6. The van der Waals surface area contributed by atoms with Crippen molar-refractivity contribution < 1.29 is 19.4 Å². The smallest absolute Gasteiger partial charge is 0.337 e. The lowest BCUT2D eigenvalue weighted by Gasteiger charge is -2.11. The van der Waals surface area contributed by atoms with Gasteiger partial charge in [-0.1, -0.05) is 11.6 Å².